The van der Waals surface area contributed by atoms with Crippen LogP contribution in [0.3, 0.4) is 0 Å². The maximum absolute atomic E-state index is 13.5. The highest BCUT2D eigenvalue weighted by Gasteiger charge is 2.26. The van der Waals surface area contributed by atoms with E-state index in [1.165, 1.54) is 6.07 Å². The summed E-state index contributed by atoms with van der Waals surface area (Å²) in [4.78, 5) is 6.62. The Hall–Kier alpha value is -1.95. The summed E-state index contributed by atoms with van der Waals surface area (Å²) >= 11 is 0. The second-order valence-electron chi connectivity index (χ2n) is 5.71. The van der Waals surface area contributed by atoms with Crippen molar-refractivity contribution < 1.29 is 13.7 Å². The van der Waals surface area contributed by atoms with Crippen LogP contribution in [0.15, 0.2) is 22.7 Å². The quantitative estimate of drug-likeness (QED) is 0.869. The summed E-state index contributed by atoms with van der Waals surface area (Å²) in [5.74, 6) is 2.09. The van der Waals surface area contributed by atoms with Gasteiger partial charge in [-0.1, -0.05) is 5.16 Å². The summed E-state index contributed by atoms with van der Waals surface area (Å²) in [5.41, 5.74) is 0.866. The molecule has 1 saturated heterocycles. The number of benzene rings is 1. The number of rotatable bonds is 4. The van der Waals surface area contributed by atoms with E-state index in [4.69, 9.17) is 9.26 Å². The average molecular weight is 305 g/mol. The Bertz CT molecular complexity index is 644. The monoisotopic (exact) mass is 305 g/mol. The maximum Gasteiger partial charge on any atom is 0.231 e. The molecule has 6 heteroatoms. The Kier molecular flexibility index (Phi) is 4.38. The Balaban J connectivity index is 1.71. The number of methoxy groups -OCH3 is 1. The van der Waals surface area contributed by atoms with Crippen molar-refractivity contribution in [2.75, 3.05) is 20.2 Å². The van der Waals surface area contributed by atoms with E-state index in [9.17, 15) is 4.39 Å². The minimum absolute atomic E-state index is 0.239. The van der Waals surface area contributed by atoms with Crippen LogP contribution in [0.5, 0.6) is 5.75 Å². The second kappa shape index (κ2) is 6.44. The van der Waals surface area contributed by atoms with Crippen molar-refractivity contribution in [3.8, 4) is 5.75 Å². The number of likely N-dealkylation sites (tertiary alicyclic amines) is 1. The van der Waals surface area contributed by atoms with Gasteiger partial charge in [0.15, 0.2) is 5.82 Å². The summed E-state index contributed by atoms with van der Waals surface area (Å²) in [7, 11) is 1.61. The van der Waals surface area contributed by atoms with Crippen molar-refractivity contribution in [2.24, 2.45) is 0 Å². The van der Waals surface area contributed by atoms with Crippen LogP contribution in [0.25, 0.3) is 0 Å². The molecule has 1 aliphatic rings. The van der Waals surface area contributed by atoms with Gasteiger partial charge in [0.1, 0.15) is 11.6 Å². The number of ether oxygens (including phenoxy) is 1. The van der Waals surface area contributed by atoms with Gasteiger partial charge in [-0.25, -0.2) is 4.39 Å². The lowest BCUT2D eigenvalue weighted by Crippen LogP contribution is -2.34. The predicted molar refractivity (Wildman–Crippen MR) is 79.2 cm³/mol. The topological polar surface area (TPSA) is 51.4 Å². The van der Waals surface area contributed by atoms with E-state index >= 15 is 0 Å². The van der Waals surface area contributed by atoms with Gasteiger partial charge in [-0.15, -0.1) is 0 Å². The molecule has 22 heavy (non-hydrogen) atoms. The number of hydrogen-bond acceptors (Lipinski definition) is 5. The molecule has 1 fully saturated rings. The van der Waals surface area contributed by atoms with Crippen LogP contribution >= 0.6 is 0 Å². The highest BCUT2D eigenvalue weighted by molar-refractivity contribution is 5.33. The lowest BCUT2D eigenvalue weighted by atomic mass is 9.97. The van der Waals surface area contributed by atoms with Crippen molar-refractivity contribution in [3.63, 3.8) is 0 Å². The molecule has 5 nitrogen and oxygen atoms in total. The standard InChI is InChI=1S/C16H20FN3O2/c1-11-18-16(22-19-11)12-4-3-7-20(9-12)10-13-8-14(17)5-6-15(13)21-2/h5-6,8,12H,3-4,7,9-10H2,1-2H3/t12-/m1/s1. The number of aryl methyl sites for hydroxylation is 1. The van der Waals surface area contributed by atoms with Gasteiger partial charge in [0.2, 0.25) is 5.89 Å². The summed E-state index contributed by atoms with van der Waals surface area (Å²) in [5, 5.41) is 3.87. The predicted octanol–water partition coefficient (Wildman–Crippen LogP) is 2.91. The number of nitrogens with zero attached hydrogens (tertiary/aromatic N) is 3. The Morgan fingerprint density at radius 3 is 3.05 bits per heavy atom. The molecule has 0 N–H and O–H groups in total. The van der Waals surface area contributed by atoms with Gasteiger partial charge >= 0.3 is 0 Å². The zero-order valence-corrected chi connectivity index (χ0v) is 12.9. The van der Waals surface area contributed by atoms with E-state index in [0.717, 1.165) is 37.2 Å². The van der Waals surface area contributed by atoms with Crippen molar-refractivity contribution >= 4 is 0 Å². The molecule has 1 aromatic heterocycles. The molecule has 118 valence electrons. The largest absolute Gasteiger partial charge is 0.496 e. The fraction of sp³-hybridized carbons (Fsp3) is 0.500. The third-order valence-corrected chi connectivity index (χ3v) is 4.03. The number of aromatic nitrogens is 2. The third kappa shape index (κ3) is 3.27. The van der Waals surface area contributed by atoms with E-state index in [1.54, 1.807) is 19.2 Å². The van der Waals surface area contributed by atoms with Crippen LogP contribution in [-0.2, 0) is 6.54 Å². The number of halogens is 1. The molecule has 2 heterocycles. The van der Waals surface area contributed by atoms with E-state index in [0.29, 0.717) is 18.3 Å². The smallest absolute Gasteiger partial charge is 0.231 e. The Labute approximate surface area is 129 Å². The first-order valence-corrected chi connectivity index (χ1v) is 7.50. The summed E-state index contributed by atoms with van der Waals surface area (Å²) in [6, 6.07) is 4.63. The van der Waals surface area contributed by atoms with Crippen LogP contribution in [0, 0.1) is 12.7 Å². The molecule has 3 rings (SSSR count). The van der Waals surface area contributed by atoms with E-state index in [1.807, 2.05) is 6.92 Å². The lowest BCUT2D eigenvalue weighted by Gasteiger charge is -2.31. The van der Waals surface area contributed by atoms with Gasteiger partial charge in [-0.3, -0.25) is 4.90 Å². The highest BCUT2D eigenvalue weighted by Crippen LogP contribution is 2.28. The van der Waals surface area contributed by atoms with Crippen LogP contribution < -0.4 is 4.74 Å². The second-order valence-corrected chi connectivity index (χ2v) is 5.71. The highest BCUT2D eigenvalue weighted by atomic mass is 19.1. The molecule has 0 spiro atoms. The molecule has 1 atom stereocenters. The molecule has 0 bridgehead atoms. The van der Waals surface area contributed by atoms with Crippen molar-refractivity contribution in [2.45, 2.75) is 32.2 Å². The SMILES string of the molecule is COc1ccc(F)cc1CN1CCC[C@@H](c2nc(C)no2)C1. The van der Waals surface area contributed by atoms with Crippen LogP contribution in [0.1, 0.15) is 36.0 Å². The van der Waals surface area contributed by atoms with Crippen molar-refractivity contribution in [1.29, 1.82) is 0 Å². The fourth-order valence-electron chi connectivity index (χ4n) is 2.99. The zero-order valence-electron chi connectivity index (χ0n) is 12.9. The summed E-state index contributed by atoms with van der Waals surface area (Å²) < 4.78 is 24.1. The Morgan fingerprint density at radius 2 is 2.32 bits per heavy atom. The minimum atomic E-state index is -0.239. The zero-order chi connectivity index (χ0) is 15.5. The molecule has 0 unspecified atom stereocenters. The van der Waals surface area contributed by atoms with Crippen LogP contribution in [-0.4, -0.2) is 35.2 Å². The maximum atomic E-state index is 13.5. The Morgan fingerprint density at radius 1 is 1.45 bits per heavy atom. The van der Waals surface area contributed by atoms with Gasteiger partial charge in [-0.05, 0) is 44.5 Å². The number of hydrogen-bond donors (Lipinski definition) is 0. The van der Waals surface area contributed by atoms with E-state index < -0.39 is 0 Å². The van der Waals surface area contributed by atoms with Crippen LogP contribution in [0.2, 0.25) is 0 Å². The van der Waals surface area contributed by atoms with Gasteiger partial charge in [0.05, 0.1) is 13.0 Å². The van der Waals surface area contributed by atoms with Crippen LogP contribution in [0.4, 0.5) is 4.39 Å². The average Bonchev–Trinajstić information content (AvgIpc) is 2.94. The summed E-state index contributed by atoms with van der Waals surface area (Å²) in [6.45, 7) is 4.29. The third-order valence-electron chi connectivity index (χ3n) is 4.03. The molecule has 1 aliphatic heterocycles. The number of piperidine rings is 1. The fourth-order valence-corrected chi connectivity index (χ4v) is 2.99. The molecule has 0 saturated carbocycles. The van der Waals surface area contributed by atoms with E-state index in [-0.39, 0.29) is 11.7 Å². The molecular weight excluding hydrogens is 285 g/mol. The molecule has 0 aliphatic carbocycles. The van der Waals surface area contributed by atoms with Gasteiger partial charge in [0, 0.05) is 18.7 Å². The molecule has 0 amide bonds. The molecule has 2 aromatic rings. The van der Waals surface area contributed by atoms with E-state index in [2.05, 4.69) is 15.0 Å². The molecular formula is C16H20FN3O2. The van der Waals surface area contributed by atoms with Crippen molar-refractivity contribution in [1.82, 2.24) is 15.0 Å². The van der Waals surface area contributed by atoms with Gasteiger partial charge in [-0.2, -0.15) is 4.98 Å². The first-order valence-electron chi connectivity index (χ1n) is 7.50. The first kappa shape index (κ1) is 15.0. The summed E-state index contributed by atoms with van der Waals surface area (Å²) in [6.07, 6.45) is 2.10. The molecule has 1 aromatic carbocycles. The molecule has 0 radical (unpaired) electrons. The van der Waals surface area contributed by atoms with Gasteiger partial charge in [0.25, 0.3) is 0 Å². The lowest BCUT2D eigenvalue weighted by molar-refractivity contribution is 0.178. The first-order chi connectivity index (χ1) is 10.7. The van der Waals surface area contributed by atoms with Crippen molar-refractivity contribution in [3.05, 3.63) is 41.3 Å². The minimum Gasteiger partial charge on any atom is -0.496 e. The normalized spacial score (nSPS) is 19.3. The van der Waals surface area contributed by atoms with Gasteiger partial charge < -0.3 is 9.26 Å².